The van der Waals surface area contributed by atoms with Gasteiger partial charge in [-0.15, -0.1) is 0 Å². The highest BCUT2D eigenvalue weighted by Gasteiger charge is 2.27. The zero-order valence-corrected chi connectivity index (χ0v) is 16.3. The Bertz CT molecular complexity index is 1120. The van der Waals surface area contributed by atoms with E-state index in [0.717, 1.165) is 5.57 Å². The molecule has 3 rings (SSSR count). The molecular formula is C22H24O5. The molecule has 0 bridgehead atoms. The molecule has 1 unspecified atom stereocenters. The molecular weight excluding hydrogens is 344 g/mol. The van der Waals surface area contributed by atoms with Crippen molar-refractivity contribution in [3.63, 3.8) is 0 Å². The molecule has 0 amide bonds. The fraction of sp³-hybridized carbons (Fsp3) is 0.364. The molecule has 1 N–H and O–H groups in total. The first-order chi connectivity index (χ1) is 12.7. The van der Waals surface area contributed by atoms with Crippen molar-refractivity contribution in [1.29, 1.82) is 0 Å². The third kappa shape index (κ3) is 3.29. The SMILES string of the molecule is CCC(C)C(=O)c1c(=O)c(CC=C(C)C)c2oc(C)cc3cc(O)oc1c32. The summed E-state index contributed by atoms with van der Waals surface area (Å²) in [7, 11) is 0. The van der Waals surface area contributed by atoms with Crippen molar-refractivity contribution in [2.75, 3.05) is 0 Å². The average molecular weight is 368 g/mol. The van der Waals surface area contributed by atoms with Crippen LogP contribution in [0.3, 0.4) is 0 Å². The molecule has 3 aromatic rings. The molecule has 0 saturated heterocycles. The van der Waals surface area contributed by atoms with Gasteiger partial charge in [0.05, 0.1) is 5.39 Å². The van der Waals surface area contributed by atoms with Gasteiger partial charge in [-0.3, -0.25) is 9.59 Å². The minimum Gasteiger partial charge on any atom is -0.481 e. The summed E-state index contributed by atoms with van der Waals surface area (Å²) in [6.45, 7) is 9.36. The van der Waals surface area contributed by atoms with Gasteiger partial charge in [-0.25, -0.2) is 0 Å². The topological polar surface area (TPSA) is 80.7 Å². The second-order valence-electron chi connectivity index (χ2n) is 7.27. The van der Waals surface area contributed by atoms with E-state index in [9.17, 15) is 14.7 Å². The van der Waals surface area contributed by atoms with Crippen LogP contribution in [0, 0.1) is 12.8 Å². The largest absolute Gasteiger partial charge is 0.481 e. The van der Waals surface area contributed by atoms with Gasteiger partial charge in [0, 0.05) is 17.5 Å². The minimum absolute atomic E-state index is 0.00559. The maximum absolute atomic E-state index is 13.3. The third-order valence-electron chi connectivity index (χ3n) is 4.87. The van der Waals surface area contributed by atoms with E-state index in [1.807, 2.05) is 26.8 Å². The van der Waals surface area contributed by atoms with Crippen LogP contribution in [0.5, 0.6) is 5.95 Å². The summed E-state index contributed by atoms with van der Waals surface area (Å²) in [6.07, 6.45) is 2.90. The van der Waals surface area contributed by atoms with Crippen molar-refractivity contribution in [1.82, 2.24) is 0 Å². The summed E-state index contributed by atoms with van der Waals surface area (Å²) >= 11 is 0. The Morgan fingerprint density at radius 3 is 2.56 bits per heavy atom. The van der Waals surface area contributed by atoms with Gasteiger partial charge < -0.3 is 13.9 Å². The molecule has 0 fully saturated rings. The standard InChI is InChI=1S/C22H24O5/c1-6-12(4)19(24)18-20(25)15(8-7-11(2)3)21-17-14(9-13(5)26-21)10-16(23)27-22(17)18/h7,9-10,12,23H,6,8H2,1-5H3. The number of carbonyl (C=O) groups is 1. The number of ketones is 1. The fourth-order valence-electron chi connectivity index (χ4n) is 3.22. The van der Waals surface area contributed by atoms with Crippen molar-refractivity contribution in [3.8, 4) is 5.95 Å². The van der Waals surface area contributed by atoms with Crippen molar-refractivity contribution in [2.45, 2.75) is 47.5 Å². The van der Waals surface area contributed by atoms with E-state index < -0.39 is 5.43 Å². The van der Waals surface area contributed by atoms with E-state index in [1.165, 1.54) is 6.07 Å². The third-order valence-corrected chi connectivity index (χ3v) is 4.87. The summed E-state index contributed by atoms with van der Waals surface area (Å²) in [5.74, 6) is -0.346. The van der Waals surface area contributed by atoms with E-state index in [0.29, 0.717) is 40.5 Å². The van der Waals surface area contributed by atoms with Crippen LogP contribution in [-0.4, -0.2) is 10.9 Å². The van der Waals surface area contributed by atoms with Gasteiger partial charge in [0.25, 0.3) is 5.95 Å². The molecule has 5 heteroatoms. The van der Waals surface area contributed by atoms with Crippen molar-refractivity contribution in [2.24, 2.45) is 5.92 Å². The van der Waals surface area contributed by atoms with Gasteiger partial charge in [0.15, 0.2) is 16.8 Å². The van der Waals surface area contributed by atoms with Crippen molar-refractivity contribution < 1.29 is 18.7 Å². The van der Waals surface area contributed by atoms with E-state index >= 15 is 0 Å². The molecule has 0 aliphatic heterocycles. The molecule has 5 nitrogen and oxygen atoms in total. The van der Waals surface area contributed by atoms with Crippen LogP contribution in [0.2, 0.25) is 0 Å². The fourth-order valence-corrected chi connectivity index (χ4v) is 3.22. The van der Waals surface area contributed by atoms with Gasteiger partial charge in [0.2, 0.25) is 0 Å². The van der Waals surface area contributed by atoms with E-state index in [1.54, 1.807) is 19.9 Å². The molecule has 1 atom stereocenters. The highest BCUT2D eigenvalue weighted by atomic mass is 16.5. The van der Waals surface area contributed by atoms with Crippen LogP contribution in [0.15, 0.2) is 37.4 Å². The summed E-state index contributed by atoms with van der Waals surface area (Å²) in [5.41, 5.74) is 1.61. The van der Waals surface area contributed by atoms with Crippen LogP contribution < -0.4 is 5.43 Å². The molecule has 0 radical (unpaired) electrons. The molecule has 0 aliphatic rings. The number of allylic oxidation sites excluding steroid dienone is 2. The minimum atomic E-state index is -0.393. The molecule has 2 aromatic heterocycles. The van der Waals surface area contributed by atoms with Crippen LogP contribution in [0.1, 0.15) is 55.8 Å². The number of Topliss-reactive ketones (excluding diaryl/α,β-unsaturated/α-hetero) is 1. The quantitative estimate of drug-likeness (QED) is 0.489. The predicted molar refractivity (Wildman–Crippen MR) is 106 cm³/mol. The Labute approximate surface area is 157 Å². The lowest BCUT2D eigenvalue weighted by Crippen LogP contribution is -2.23. The molecule has 0 saturated carbocycles. The number of aromatic hydroxyl groups is 1. The first kappa shape index (κ1) is 19.0. The van der Waals surface area contributed by atoms with Gasteiger partial charge in [-0.2, -0.15) is 0 Å². The second-order valence-corrected chi connectivity index (χ2v) is 7.27. The van der Waals surface area contributed by atoms with Gasteiger partial charge in [-0.1, -0.05) is 25.5 Å². The number of hydrogen-bond donors (Lipinski definition) is 1. The smallest absolute Gasteiger partial charge is 0.282 e. The molecule has 142 valence electrons. The number of aryl methyl sites for hydroxylation is 1. The lowest BCUT2D eigenvalue weighted by atomic mass is 9.91. The second kappa shape index (κ2) is 7.06. The van der Waals surface area contributed by atoms with Crippen molar-refractivity contribution in [3.05, 3.63) is 50.9 Å². The maximum atomic E-state index is 13.3. The highest BCUT2D eigenvalue weighted by molar-refractivity contribution is 6.16. The monoisotopic (exact) mass is 368 g/mol. The maximum Gasteiger partial charge on any atom is 0.282 e. The van der Waals surface area contributed by atoms with Gasteiger partial charge in [0.1, 0.15) is 16.9 Å². The Kier molecular flexibility index (Phi) is 4.96. The van der Waals surface area contributed by atoms with E-state index in [4.69, 9.17) is 8.83 Å². The average Bonchev–Trinajstić information content (AvgIpc) is 2.59. The Hall–Kier alpha value is -2.82. The van der Waals surface area contributed by atoms with Crippen molar-refractivity contribution >= 4 is 27.7 Å². The van der Waals surface area contributed by atoms with Crippen LogP contribution in [0.4, 0.5) is 0 Å². The predicted octanol–water partition coefficient (Wildman–Crippen LogP) is 5.29. The normalized spacial score (nSPS) is 12.5. The molecule has 1 aromatic carbocycles. The summed E-state index contributed by atoms with van der Waals surface area (Å²) in [6, 6.07) is 3.24. The van der Waals surface area contributed by atoms with Crippen LogP contribution in [-0.2, 0) is 6.42 Å². The zero-order valence-electron chi connectivity index (χ0n) is 16.3. The number of hydrogen-bond acceptors (Lipinski definition) is 5. The highest BCUT2D eigenvalue weighted by Crippen LogP contribution is 2.35. The summed E-state index contributed by atoms with van der Waals surface area (Å²) < 4.78 is 11.4. The van der Waals surface area contributed by atoms with E-state index in [-0.39, 0.29) is 28.8 Å². The Morgan fingerprint density at radius 2 is 1.93 bits per heavy atom. The Morgan fingerprint density at radius 1 is 1.22 bits per heavy atom. The number of rotatable bonds is 5. The van der Waals surface area contributed by atoms with Crippen LogP contribution >= 0.6 is 0 Å². The zero-order chi connectivity index (χ0) is 19.9. The molecule has 27 heavy (non-hydrogen) atoms. The molecule has 2 heterocycles. The number of carbonyl (C=O) groups excluding carboxylic acids is 1. The van der Waals surface area contributed by atoms with Gasteiger partial charge in [-0.05, 0) is 45.1 Å². The molecule has 0 spiro atoms. The summed E-state index contributed by atoms with van der Waals surface area (Å²) in [4.78, 5) is 26.3. The number of benzene rings is 1. The van der Waals surface area contributed by atoms with E-state index in [2.05, 4.69) is 0 Å². The molecule has 0 aliphatic carbocycles. The summed E-state index contributed by atoms with van der Waals surface area (Å²) in [5, 5.41) is 11.2. The van der Waals surface area contributed by atoms with Crippen LogP contribution in [0.25, 0.3) is 21.9 Å². The first-order valence-electron chi connectivity index (χ1n) is 9.13. The lowest BCUT2D eigenvalue weighted by Gasteiger charge is -2.14. The lowest BCUT2D eigenvalue weighted by molar-refractivity contribution is 0.0926. The Balaban J connectivity index is 2.53. The van der Waals surface area contributed by atoms with Gasteiger partial charge >= 0.3 is 0 Å². The first-order valence-corrected chi connectivity index (χ1v) is 9.13.